The van der Waals surface area contributed by atoms with E-state index in [1.54, 1.807) is 56.3 Å². The first kappa shape index (κ1) is 49.8. The minimum atomic E-state index is -1.32. The van der Waals surface area contributed by atoms with Crippen molar-refractivity contribution in [3.8, 4) is 5.75 Å². The first-order valence-electron chi connectivity index (χ1n) is 20.7. The Bertz CT molecular complexity index is 1830. The van der Waals surface area contributed by atoms with E-state index < -0.39 is 94.5 Å². The fourth-order valence-electron chi connectivity index (χ4n) is 6.91. The summed E-state index contributed by atoms with van der Waals surface area (Å²) in [6.07, 6.45) is 2.74. The summed E-state index contributed by atoms with van der Waals surface area (Å²) in [4.78, 5) is 96.8. The van der Waals surface area contributed by atoms with Crippen LogP contribution in [-0.4, -0.2) is 123 Å². The van der Waals surface area contributed by atoms with Crippen LogP contribution in [0.1, 0.15) is 77.3 Å². The second kappa shape index (κ2) is 24.7. The second-order valence-corrected chi connectivity index (χ2v) is 17.8. The molecule has 7 amide bonds. The van der Waals surface area contributed by atoms with Gasteiger partial charge in [0.1, 0.15) is 42.0 Å². The molecule has 336 valence electrons. The van der Waals surface area contributed by atoms with Crippen LogP contribution in [0.15, 0.2) is 54.6 Å². The van der Waals surface area contributed by atoms with Crippen LogP contribution in [0, 0.1) is 11.8 Å². The molecule has 0 spiro atoms. The number of rotatable bonds is 14. The third-order valence-corrected chi connectivity index (χ3v) is 11.2. The minimum absolute atomic E-state index is 0.0179. The van der Waals surface area contributed by atoms with Gasteiger partial charge in [-0.1, -0.05) is 70.2 Å². The highest BCUT2D eigenvalue weighted by molar-refractivity contribution is 7.84. The Hall–Kier alpha value is -5.52. The number of aromatic hydroxyl groups is 1. The van der Waals surface area contributed by atoms with Gasteiger partial charge < -0.3 is 47.0 Å². The first-order valence-corrected chi connectivity index (χ1v) is 22.5. The Labute approximate surface area is 360 Å². The van der Waals surface area contributed by atoms with Crippen molar-refractivity contribution in [1.29, 1.82) is 0 Å². The zero-order chi connectivity index (χ0) is 45.2. The molecule has 8 N–H and O–H groups in total. The maximum absolute atomic E-state index is 14.4. The van der Waals surface area contributed by atoms with E-state index in [4.69, 9.17) is 0 Å². The number of aryl methyl sites for hydroxylation is 1. The molecule has 0 bridgehead atoms. The SMILES string of the molecule is CC(C)C[C@@H]1NC(=O)[C@H](C(C)C)NC(=O)[C@H](NC(=O)N[C@@H](Cc2ccccc2)C(=O)O)CCCCNC(=O)[C@H](CCS(C)=O)NC(=O)[C@H](CCc2ccc(O)cc2)N(C)C1=O. The summed E-state index contributed by atoms with van der Waals surface area (Å²) < 4.78 is 12.1. The monoisotopic (exact) mass is 869 g/mol. The number of aliphatic carboxylic acids is 1. The zero-order valence-electron chi connectivity index (χ0n) is 35.9. The van der Waals surface area contributed by atoms with E-state index in [1.807, 2.05) is 13.8 Å². The lowest BCUT2D eigenvalue weighted by Gasteiger charge is -2.33. The molecule has 18 heteroatoms. The van der Waals surface area contributed by atoms with Gasteiger partial charge in [0, 0.05) is 42.8 Å². The van der Waals surface area contributed by atoms with Gasteiger partial charge in [0.2, 0.25) is 29.5 Å². The molecule has 17 nitrogen and oxygen atoms in total. The number of carboxylic acids is 1. The molecule has 1 unspecified atom stereocenters. The molecule has 1 aliphatic heterocycles. The maximum atomic E-state index is 14.4. The van der Waals surface area contributed by atoms with Crippen LogP contribution in [0.3, 0.4) is 0 Å². The predicted octanol–water partition coefficient (Wildman–Crippen LogP) is 1.74. The average molecular weight is 870 g/mol. The van der Waals surface area contributed by atoms with Crippen LogP contribution in [0.2, 0.25) is 0 Å². The number of carbonyl (C=O) groups is 7. The number of nitrogens with zero attached hydrogens (tertiary/aromatic N) is 1. The topological polar surface area (TPSA) is 252 Å². The quantitative estimate of drug-likeness (QED) is 0.137. The van der Waals surface area contributed by atoms with Crippen LogP contribution in [0.25, 0.3) is 0 Å². The number of hydrogen-bond donors (Lipinski definition) is 8. The van der Waals surface area contributed by atoms with Crippen molar-refractivity contribution in [3.63, 3.8) is 0 Å². The molecule has 1 heterocycles. The number of carbonyl (C=O) groups excluding carboxylic acids is 6. The van der Waals surface area contributed by atoms with E-state index >= 15 is 0 Å². The Kier molecular flexibility index (Phi) is 20.2. The lowest BCUT2D eigenvalue weighted by atomic mass is 9.97. The van der Waals surface area contributed by atoms with Crippen molar-refractivity contribution in [1.82, 2.24) is 36.8 Å². The van der Waals surface area contributed by atoms with E-state index in [-0.39, 0.29) is 62.5 Å². The molecule has 2 aromatic carbocycles. The summed E-state index contributed by atoms with van der Waals surface area (Å²) in [7, 11) is 0.143. The van der Waals surface area contributed by atoms with Gasteiger partial charge in [0.15, 0.2) is 0 Å². The predicted molar refractivity (Wildman–Crippen MR) is 231 cm³/mol. The highest BCUT2D eigenvalue weighted by atomic mass is 32.2. The molecular formula is C43H63N7O10S. The molecule has 0 aromatic heterocycles. The summed E-state index contributed by atoms with van der Waals surface area (Å²) in [6, 6.07) is 7.10. The smallest absolute Gasteiger partial charge is 0.326 e. The first-order chi connectivity index (χ1) is 28.9. The van der Waals surface area contributed by atoms with Crippen LogP contribution < -0.4 is 31.9 Å². The molecule has 0 radical (unpaired) electrons. The van der Waals surface area contributed by atoms with Gasteiger partial charge in [0.25, 0.3) is 0 Å². The molecule has 1 saturated heterocycles. The number of benzene rings is 2. The molecule has 1 aliphatic rings. The number of urea groups is 1. The van der Waals surface area contributed by atoms with Crippen molar-refractivity contribution in [2.24, 2.45) is 11.8 Å². The summed E-state index contributed by atoms with van der Waals surface area (Å²) in [5.74, 6) is -4.86. The van der Waals surface area contributed by atoms with Gasteiger partial charge >= 0.3 is 12.0 Å². The normalized spacial score (nSPS) is 22.4. The lowest BCUT2D eigenvalue weighted by Crippen LogP contribution is -2.60. The highest BCUT2D eigenvalue weighted by Crippen LogP contribution is 2.18. The van der Waals surface area contributed by atoms with Gasteiger partial charge in [-0.2, -0.15) is 0 Å². The molecule has 2 aromatic rings. The van der Waals surface area contributed by atoms with Crippen LogP contribution in [0.4, 0.5) is 4.79 Å². The number of phenolic OH excluding ortho intramolecular Hbond substituents is 1. The van der Waals surface area contributed by atoms with Gasteiger partial charge in [-0.25, -0.2) is 9.59 Å². The number of amides is 7. The number of nitrogens with one attached hydrogen (secondary N) is 6. The Balaban J connectivity index is 1.98. The van der Waals surface area contributed by atoms with E-state index in [2.05, 4.69) is 31.9 Å². The third kappa shape index (κ3) is 16.8. The fraction of sp³-hybridized carbons (Fsp3) is 0.558. The van der Waals surface area contributed by atoms with Gasteiger partial charge in [0.05, 0.1) is 0 Å². The number of likely N-dealkylation sites (N-methyl/N-ethyl adjacent to an activating group) is 1. The van der Waals surface area contributed by atoms with Crippen molar-refractivity contribution in [3.05, 3.63) is 65.7 Å². The van der Waals surface area contributed by atoms with Crippen molar-refractivity contribution < 1.29 is 48.0 Å². The molecule has 1 fully saturated rings. The number of phenols is 1. The van der Waals surface area contributed by atoms with Crippen molar-refractivity contribution in [2.45, 2.75) is 115 Å². The van der Waals surface area contributed by atoms with Gasteiger partial charge in [-0.05, 0) is 80.0 Å². The van der Waals surface area contributed by atoms with Crippen molar-refractivity contribution in [2.75, 3.05) is 25.6 Å². The standard InChI is InChI=1S/C43H63N7O10S/c1-26(2)24-33-41(56)50(5)35(20-17-28-15-18-30(51)19-16-28)39(54)45-32(21-23-61(6)60)37(52)44-22-11-10-14-31(38(53)49-36(27(3)4)40(55)46-33)47-43(59)48-34(42(57)58)25-29-12-8-7-9-13-29/h7-9,12-13,15-16,18-19,26-27,31-36,51H,10-11,14,17,20-25H2,1-6H3,(H,44,52)(H,45,54)(H,46,55)(H,49,53)(H,57,58)(H2,47,48,59)/t31-,32+,33+,34+,35+,36+,61?/m1/s1. The molecule has 61 heavy (non-hydrogen) atoms. The average Bonchev–Trinajstić information content (AvgIpc) is 3.20. The largest absolute Gasteiger partial charge is 0.508 e. The summed E-state index contributed by atoms with van der Waals surface area (Å²) in [5, 5.41) is 35.8. The fourth-order valence-corrected chi connectivity index (χ4v) is 7.48. The van der Waals surface area contributed by atoms with Crippen molar-refractivity contribution >= 4 is 52.3 Å². The Morgan fingerprint density at radius 3 is 2.10 bits per heavy atom. The summed E-state index contributed by atoms with van der Waals surface area (Å²) in [5.41, 5.74) is 1.45. The summed E-state index contributed by atoms with van der Waals surface area (Å²) in [6.45, 7) is 7.25. The lowest BCUT2D eigenvalue weighted by molar-refractivity contribution is -0.143. The van der Waals surface area contributed by atoms with E-state index in [1.165, 1.54) is 30.3 Å². The second-order valence-electron chi connectivity index (χ2n) is 16.3. The zero-order valence-corrected chi connectivity index (χ0v) is 36.7. The van der Waals surface area contributed by atoms with Crippen LogP contribution in [-0.2, 0) is 52.4 Å². The highest BCUT2D eigenvalue weighted by Gasteiger charge is 2.37. The molecule has 7 atom stereocenters. The van der Waals surface area contributed by atoms with E-state index in [9.17, 15) is 48.0 Å². The van der Waals surface area contributed by atoms with E-state index in [0.29, 0.717) is 18.4 Å². The molecule has 0 aliphatic carbocycles. The van der Waals surface area contributed by atoms with Crippen LogP contribution >= 0.6 is 0 Å². The number of hydrogen-bond acceptors (Lipinski definition) is 9. The third-order valence-electron chi connectivity index (χ3n) is 10.4. The number of carboxylic acid groups (broad SMARTS) is 1. The summed E-state index contributed by atoms with van der Waals surface area (Å²) >= 11 is 0. The Morgan fingerprint density at radius 2 is 1.49 bits per heavy atom. The van der Waals surface area contributed by atoms with Gasteiger partial charge in [-0.15, -0.1) is 0 Å². The maximum Gasteiger partial charge on any atom is 0.326 e. The Morgan fingerprint density at radius 1 is 0.836 bits per heavy atom. The molecular weight excluding hydrogens is 807 g/mol. The van der Waals surface area contributed by atoms with Crippen LogP contribution in [0.5, 0.6) is 5.75 Å². The molecule has 0 saturated carbocycles. The van der Waals surface area contributed by atoms with E-state index in [0.717, 1.165) is 5.56 Å². The molecule has 3 rings (SSSR count). The minimum Gasteiger partial charge on any atom is -0.508 e. The van der Waals surface area contributed by atoms with Gasteiger partial charge in [-0.3, -0.25) is 28.2 Å².